The topological polar surface area (TPSA) is 70.2 Å². The van der Waals surface area contributed by atoms with E-state index in [9.17, 15) is 4.79 Å². The molecule has 1 aromatic heterocycles. The van der Waals surface area contributed by atoms with Crippen molar-refractivity contribution in [2.75, 3.05) is 47.9 Å². The molecule has 21 heavy (non-hydrogen) atoms. The molecule has 1 fully saturated rings. The van der Waals surface area contributed by atoms with Crippen molar-refractivity contribution in [2.24, 2.45) is 0 Å². The van der Waals surface area contributed by atoms with E-state index in [1.54, 1.807) is 6.33 Å². The van der Waals surface area contributed by atoms with Crippen molar-refractivity contribution < 1.29 is 4.79 Å². The predicted molar refractivity (Wildman–Crippen MR) is 88.0 cm³/mol. The maximum atomic E-state index is 11.5. The molecule has 0 radical (unpaired) electrons. The molecular formula is C14H23N5OS. The molecule has 0 aromatic carbocycles. The molecule has 0 aliphatic carbocycles. The van der Waals surface area contributed by atoms with Crippen molar-refractivity contribution in [3.8, 4) is 0 Å². The summed E-state index contributed by atoms with van der Waals surface area (Å²) in [7, 11) is 0. The van der Waals surface area contributed by atoms with Gasteiger partial charge in [-0.1, -0.05) is 6.92 Å². The molecular weight excluding hydrogens is 286 g/mol. The lowest BCUT2D eigenvalue weighted by atomic mass is 10.3. The molecule has 1 aromatic rings. The zero-order chi connectivity index (χ0) is 14.9. The Morgan fingerprint density at radius 3 is 2.90 bits per heavy atom. The van der Waals surface area contributed by atoms with E-state index in [4.69, 9.17) is 0 Å². The molecule has 1 aliphatic rings. The van der Waals surface area contributed by atoms with Crippen LogP contribution in [-0.2, 0) is 4.79 Å². The van der Waals surface area contributed by atoms with E-state index in [1.807, 2.05) is 24.8 Å². The Bertz CT molecular complexity index is 451. The fraction of sp³-hybridized carbons (Fsp3) is 0.643. The highest BCUT2D eigenvalue weighted by molar-refractivity contribution is 7.99. The van der Waals surface area contributed by atoms with Crippen LogP contribution >= 0.6 is 11.8 Å². The van der Waals surface area contributed by atoms with Crippen LogP contribution in [0.2, 0.25) is 0 Å². The average Bonchev–Trinajstić information content (AvgIpc) is 2.54. The van der Waals surface area contributed by atoms with E-state index in [0.717, 1.165) is 49.2 Å². The van der Waals surface area contributed by atoms with Crippen molar-refractivity contribution in [3.63, 3.8) is 0 Å². The van der Waals surface area contributed by atoms with Gasteiger partial charge in [0.05, 0.1) is 0 Å². The smallest absolute Gasteiger partial charge is 0.221 e. The summed E-state index contributed by atoms with van der Waals surface area (Å²) in [4.78, 5) is 22.3. The molecule has 0 saturated carbocycles. The third-order valence-electron chi connectivity index (χ3n) is 3.22. The Kier molecular flexibility index (Phi) is 6.59. The summed E-state index contributed by atoms with van der Waals surface area (Å²) in [6, 6.07) is 1.96. The zero-order valence-electron chi connectivity index (χ0n) is 12.5. The summed E-state index contributed by atoms with van der Waals surface area (Å²) in [6.45, 7) is 5.42. The van der Waals surface area contributed by atoms with E-state index >= 15 is 0 Å². The SMILES string of the molecule is CCCNC(=O)CCNc1cc(N2CCSCC2)ncn1. The fourth-order valence-corrected chi connectivity index (χ4v) is 2.97. The summed E-state index contributed by atoms with van der Waals surface area (Å²) >= 11 is 1.98. The summed E-state index contributed by atoms with van der Waals surface area (Å²) < 4.78 is 0. The van der Waals surface area contributed by atoms with E-state index < -0.39 is 0 Å². The first-order chi connectivity index (χ1) is 10.3. The average molecular weight is 309 g/mol. The number of carbonyl (C=O) groups excluding carboxylic acids is 1. The zero-order valence-corrected chi connectivity index (χ0v) is 13.3. The number of anilines is 2. The van der Waals surface area contributed by atoms with E-state index in [0.29, 0.717) is 13.0 Å². The van der Waals surface area contributed by atoms with Gasteiger partial charge in [0.15, 0.2) is 0 Å². The highest BCUT2D eigenvalue weighted by atomic mass is 32.2. The lowest BCUT2D eigenvalue weighted by molar-refractivity contribution is -0.120. The molecule has 0 spiro atoms. The first kappa shape index (κ1) is 15.9. The minimum absolute atomic E-state index is 0.0756. The number of hydrogen-bond acceptors (Lipinski definition) is 6. The Labute approximate surface area is 130 Å². The number of rotatable bonds is 7. The fourth-order valence-electron chi connectivity index (χ4n) is 2.07. The normalized spacial score (nSPS) is 14.8. The van der Waals surface area contributed by atoms with Crippen LogP contribution in [-0.4, -0.2) is 53.6 Å². The molecule has 0 unspecified atom stereocenters. The second kappa shape index (κ2) is 8.71. The molecule has 116 valence electrons. The second-order valence-electron chi connectivity index (χ2n) is 4.89. The van der Waals surface area contributed by atoms with Gasteiger partial charge in [0.1, 0.15) is 18.0 Å². The molecule has 1 saturated heterocycles. The summed E-state index contributed by atoms with van der Waals surface area (Å²) in [6.07, 6.45) is 3.00. The van der Waals surface area contributed by atoms with Gasteiger partial charge in [0, 0.05) is 50.2 Å². The molecule has 7 heteroatoms. The molecule has 0 atom stereocenters. The lowest BCUT2D eigenvalue weighted by Gasteiger charge is -2.27. The maximum absolute atomic E-state index is 11.5. The summed E-state index contributed by atoms with van der Waals surface area (Å²) in [5, 5.41) is 6.05. The van der Waals surface area contributed by atoms with E-state index in [2.05, 4.69) is 25.5 Å². The van der Waals surface area contributed by atoms with Crippen LogP contribution < -0.4 is 15.5 Å². The van der Waals surface area contributed by atoms with Gasteiger partial charge in [0.2, 0.25) is 5.91 Å². The van der Waals surface area contributed by atoms with Gasteiger partial charge in [-0.15, -0.1) is 0 Å². The first-order valence-electron chi connectivity index (χ1n) is 7.45. The Morgan fingerprint density at radius 1 is 1.33 bits per heavy atom. The lowest BCUT2D eigenvalue weighted by Crippen LogP contribution is -2.33. The van der Waals surface area contributed by atoms with Crippen molar-refractivity contribution in [2.45, 2.75) is 19.8 Å². The number of hydrogen-bond donors (Lipinski definition) is 2. The van der Waals surface area contributed by atoms with Gasteiger partial charge in [-0.25, -0.2) is 9.97 Å². The van der Waals surface area contributed by atoms with Crippen LogP contribution in [0.25, 0.3) is 0 Å². The summed E-state index contributed by atoms with van der Waals surface area (Å²) in [5.74, 6) is 4.10. The molecule has 1 aliphatic heterocycles. The van der Waals surface area contributed by atoms with Crippen molar-refractivity contribution >= 4 is 29.3 Å². The minimum Gasteiger partial charge on any atom is -0.369 e. The first-order valence-corrected chi connectivity index (χ1v) is 8.60. The highest BCUT2D eigenvalue weighted by Gasteiger charge is 2.12. The maximum Gasteiger partial charge on any atom is 0.221 e. The molecule has 2 rings (SSSR count). The minimum atomic E-state index is 0.0756. The quantitative estimate of drug-likeness (QED) is 0.792. The Balaban J connectivity index is 1.79. The number of nitrogens with zero attached hydrogens (tertiary/aromatic N) is 3. The third-order valence-corrected chi connectivity index (χ3v) is 4.16. The van der Waals surface area contributed by atoms with Crippen LogP contribution in [0.15, 0.2) is 12.4 Å². The molecule has 2 N–H and O–H groups in total. The highest BCUT2D eigenvalue weighted by Crippen LogP contribution is 2.18. The second-order valence-corrected chi connectivity index (χ2v) is 6.11. The van der Waals surface area contributed by atoms with Gasteiger partial charge in [-0.05, 0) is 6.42 Å². The van der Waals surface area contributed by atoms with Crippen LogP contribution in [0.4, 0.5) is 11.6 Å². The number of nitrogens with one attached hydrogen (secondary N) is 2. The third kappa shape index (κ3) is 5.41. The predicted octanol–water partition coefficient (Wildman–Crippen LogP) is 1.36. The van der Waals surface area contributed by atoms with Gasteiger partial charge in [-0.2, -0.15) is 11.8 Å². The van der Waals surface area contributed by atoms with Crippen molar-refractivity contribution in [3.05, 3.63) is 12.4 Å². The van der Waals surface area contributed by atoms with E-state index in [1.165, 1.54) is 0 Å². The molecule has 0 bridgehead atoms. The van der Waals surface area contributed by atoms with Crippen LogP contribution in [0.5, 0.6) is 0 Å². The number of carbonyl (C=O) groups is 1. The van der Waals surface area contributed by atoms with Crippen molar-refractivity contribution in [1.82, 2.24) is 15.3 Å². The number of thioether (sulfide) groups is 1. The van der Waals surface area contributed by atoms with E-state index in [-0.39, 0.29) is 5.91 Å². The largest absolute Gasteiger partial charge is 0.369 e. The number of aromatic nitrogens is 2. The molecule has 2 heterocycles. The van der Waals surface area contributed by atoms with Crippen LogP contribution in [0.1, 0.15) is 19.8 Å². The number of amides is 1. The van der Waals surface area contributed by atoms with Crippen molar-refractivity contribution in [1.29, 1.82) is 0 Å². The van der Waals surface area contributed by atoms with Gasteiger partial charge in [-0.3, -0.25) is 4.79 Å². The molecule has 6 nitrogen and oxygen atoms in total. The standard InChI is InChI=1S/C14H23N5OS/c1-2-4-16-14(20)3-5-15-12-10-13(18-11-17-12)19-6-8-21-9-7-19/h10-11H,2-9H2,1H3,(H,16,20)(H,15,17,18). The van der Waals surface area contributed by atoms with Crippen LogP contribution in [0.3, 0.4) is 0 Å². The van der Waals surface area contributed by atoms with Gasteiger partial charge >= 0.3 is 0 Å². The summed E-state index contributed by atoms with van der Waals surface area (Å²) in [5.41, 5.74) is 0. The Hall–Kier alpha value is -1.50. The monoisotopic (exact) mass is 309 g/mol. The van der Waals surface area contributed by atoms with Gasteiger partial charge < -0.3 is 15.5 Å². The van der Waals surface area contributed by atoms with Gasteiger partial charge in [0.25, 0.3) is 0 Å². The molecule has 1 amide bonds. The van der Waals surface area contributed by atoms with Crippen LogP contribution in [0, 0.1) is 0 Å². The Morgan fingerprint density at radius 2 is 2.14 bits per heavy atom.